The predicted octanol–water partition coefficient (Wildman–Crippen LogP) is -1.17. The molecule has 7 nitrogen and oxygen atoms in total. The molecule has 0 aliphatic rings. The molecule has 0 saturated carbocycles. The molecule has 0 aromatic carbocycles. The van der Waals surface area contributed by atoms with Gasteiger partial charge in [-0.2, -0.15) is 3.89 Å². The lowest BCUT2D eigenvalue weighted by Gasteiger charge is -2.31. The Hall–Kier alpha value is -0.860. The first-order valence-electron chi connectivity index (χ1n) is 5.51. The molecule has 0 aromatic heterocycles. The SMILES string of the molecule is CC[N+](CC)(CC)S(=O)(=O)N=C([O-])OCCO. The summed E-state index contributed by atoms with van der Waals surface area (Å²) in [6, 6.07) is 0. The largest absolute Gasteiger partial charge is 0.597 e. The first kappa shape index (κ1) is 16.1. The summed E-state index contributed by atoms with van der Waals surface area (Å²) in [7, 11) is -3.96. The number of hydrogen-bond acceptors (Lipinski definition) is 5. The van der Waals surface area contributed by atoms with Gasteiger partial charge in [0, 0.05) is 6.61 Å². The molecule has 0 rings (SSSR count). The number of aliphatic hydroxyl groups excluding tert-OH is 1. The molecule has 17 heavy (non-hydrogen) atoms. The lowest BCUT2D eigenvalue weighted by Crippen LogP contribution is -2.51. The predicted molar refractivity (Wildman–Crippen MR) is 61.3 cm³/mol. The number of aliphatic hydroxyl groups is 1. The molecule has 0 fully saturated rings. The Morgan fingerprint density at radius 3 is 2.12 bits per heavy atom. The second-order valence-corrected chi connectivity index (χ2v) is 5.24. The van der Waals surface area contributed by atoms with E-state index in [4.69, 9.17) is 5.11 Å². The van der Waals surface area contributed by atoms with E-state index in [1.807, 2.05) is 0 Å². The van der Waals surface area contributed by atoms with E-state index in [9.17, 15) is 13.5 Å². The van der Waals surface area contributed by atoms with Gasteiger partial charge in [0.25, 0.3) is 0 Å². The zero-order valence-electron chi connectivity index (χ0n) is 10.4. The summed E-state index contributed by atoms with van der Waals surface area (Å²) in [5.41, 5.74) is 0. The molecule has 0 heterocycles. The number of hydrogen-bond donors (Lipinski definition) is 1. The smallest absolute Gasteiger partial charge is 0.416 e. The van der Waals surface area contributed by atoms with Crippen molar-refractivity contribution < 1.29 is 27.3 Å². The Bertz CT molecular complexity index is 340. The molecule has 0 amide bonds. The van der Waals surface area contributed by atoms with Crippen LogP contribution in [0.15, 0.2) is 4.40 Å². The van der Waals surface area contributed by atoms with E-state index >= 15 is 0 Å². The first-order chi connectivity index (χ1) is 7.89. The van der Waals surface area contributed by atoms with Crippen molar-refractivity contribution >= 4 is 16.3 Å². The van der Waals surface area contributed by atoms with Crippen LogP contribution in [0.1, 0.15) is 20.8 Å². The monoisotopic (exact) mass is 268 g/mol. The van der Waals surface area contributed by atoms with Crippen molar-refractivity contribution in [1.82, 2.24) is 0 Å². The van der Waals surface area contributed by atoms with E-state index in [0.717, 1.165) is 0 Å². The highest BCUT2D eigenvalue weighted by Gasteiger charge is 2.37. The third kappa shape index (κ3) is 3.83. The minimum atomic E-state index is -3.96. The Morgan fingerprint density at radius 1 is 1.29 bits per heavy atom. The number of nitrogens with zero attached hydrogens (tertiary/aromatic N) is 2. The van der Waals surface area contributed by atoms with Crippen LogP contribution < -0.4 is 5.11 Å². The Morgan fingerprint density at radius 2 is 1.76 bits per heavy atom. The van der Waals surface area contributed by atoms with Gasteiger partial charge in [0.05, 0.1) is 26.2 Å². The fourth-order valence-corrected chi connectivity index (χ4v) is 2.89. The van der Waals surface area contributed by atoms with Crippen molar-refractivity contribution in [2.75, 3.05) is 32.8 Å². The summed E-state index contributed by atoms with van der Waals surface area (Å²) in [6.07, 6.45) is -1.18. The molecule has 0 aliphatic carbocycles. The van der Waals surface area contributed by atoms with Gasteiger partial charge in [-0.1, -0.05) is 4.40 Å². The lowest BCUT2D eigenvalue weighted by atomic mass is 10.5. The maximum Gasteiger partial charge on any atom is 0.416 e. The summed E-state index contributed by atoms with van der Waals surface area (Å²) in [5, 5.41) is 19.6. The maximum absolute atomic E-state index is 12.0. The van der Waals surface area contributed by atoms with Crippen molar-refractivity contribution in [3.8, 4) is 0 Å². The Balaban J connectivity index is 5.12. The van der Waals surface area contributed by atoms with Crippen LogP contribution in [-0.2, 0) is 14.9 Å². The molecule has 0 spiro atoms. The van der Waals surface area contributed by atoms with Gasteiger partial charge < -0.3 is 14.9 Å². The van der Waals surface area contributed by atoms with Crippen molar-refractivity contribution in [3.05, 3.63) is 0 Å². The summed E-state index contributed by atoms with van der Waals surface area (Å²) in [4.78, 5) is 0. The third-order valence-electron chi connectivity index (χ3n) is 2.73. The molecule has 0 radical (unpaired) electrons. The Labute approximate surface area is 102 Å². The van der Waals surface area contributed by atoms with E-state index in [2.05, 4.69) is 9.13 Å². The summed E-state index contributed by atoms with van der Waals surface area (Å²) < 4.78 is 31.1. The molecule has 0 aromatic rings. The van der Waals surface area contributed by atoms with Gasteiger partial charge in [-0.05, 0) is 20.8 Å². The second-order valence-electron chi connectivity index (χ2n) is 3.38. The molecular formula is C9H20N2O5S. The normalized spacial score (nSPS) is 13.8. The molecule has 0 atom stereocenters. The van der Waals surface area contributed by atoms with Gasteiger partial charge in [-0.3, -0.25) is 0 Å². The molecule has 1 N–H and O–H groups in total. The number of quaternary nitrogens is 1. The van der Waals surface area contributed by atoms with Gasteiger partial charge in [-0.25, -0.2) is 0 Å². The van der Waals surface area contributed by atoms with Crippen LogP contribution in [0.25, 0.3) is 0 Å². The zero-order chi connectivity index (χ0) is 13.5. The van der Waals surface area contributed by atoms with Gasteiger partial charge in [0.1, 0.15) is 0 Å². The van der Waals surface area contributed by atoms with Gasteiger partial charge in [0.15, 0.2) is 6.08 Å². The van der Waals surface area contributed by atoms with Crippen molar-refractivity contribution in [1.29, 1.82) is 0 Å². The highest BCUT2D eigenvalue weighted by atomic mass is 32.2. The number of ether oxygens (including phenoxy) is 1. The molecule has 0 bridgehead atoms. The van der Waals surface area contributed by atoms with E-state index in [1.165, 1.54) is 0 Å². The fraction of sp³-hybridized carbons (Fsp3) is 0.889. The average molecular weight is 268 g/mol. The van der Waals surface area contributed by atoms with Gasteiger partial charge in [0.2, 0.25) is 0 Å². The standard InChI is InChI=1S/C9H20N2O5S/c1-4-11(5-2,6-3)17(14,15)10-9(13)16-8-7-12/h12H,4-8H2,1-3H3. The van der Waals surface area contributed by atoms with Crippen LogP contribution >= 0.6 is 0 Å². The molecular weight excluding hydrogens is 248 g/mol. The summed E-state index contributed by atoms with van der Waals surface area (Å²) in [5.74, 6) is 0. The number of rotatable bonds is 7. The Kier molecular flexibility index (Phi) is 6.43. The van der Waals surface area contributed by atoms with E-state index in [1.54, 1.807) is 20.8 Å². The topological polar surface area (TPSA) is 99.0 Å². The fourth-order valence-electron chi connectivity index (χ4n) is 1.50. The van der Waals surface area contributed by atoms with Crippen molar-refractivity contribution in [2.24, 2.45) is 4.40 Å². The van der Waals surface area contributed by atoms with Crippen LogP contribution in [0.3, 0.4) is 0 Å². The minimum Gasteiger partial charge on any atom is -0.597 e. The quantitative estimate of drug-likeness (QED) is 0.356. The molecule has 0 saturated heterocycles. The maximum atomic E-state index is 12.0. The van der Waals surface area contributed by atoms with E-state index in [-0.39, 0.29) is 17.1 Å². The van der Waals surface area contributed by atoms with E-state index in [0.29, 0.717) is 19.6 Å². The lowest BCUT2D eigenvalue weighted by molar-refractivity contribution is -0.800. The van der Waals surface area contributed by atoms with Crippen LogP contribution in [0.2, 0.25) is 0 Å². The average Bonchev–Trinajstić information content (AvgIpc) is 2.28. The first-order valence-corrected chi connectivity index (χ1v) is 6.90. The van der Waals surface area contributed by atoms with Gasteiger partial charge in [-0.15, -0.1) is 8.42 Å². The minimum absolute atomic E-state index is 0.262. The van der Waals surface area contributed by atoms with Crippen molar-refractivity contribution in [3.63, 3.8) is 0 Å². The molecule has 8 heteroatoms. The van der Waals surface area contributed by atoms with Crippen LogP contribution in [0, 0.1) is 0 Å². The summed E-state index contributed by atoms with van der Waals surface area (Å²) in [6.45, 7) is 5.51. The highest BCUT2D eigenvalue weighted by molar-refractivity contribution is 7.84. The molecule has 102 valence electrons. The second kappa shape index (κ2) is 6.77. The molecule has 0 aliphatic heterocycles. The van der Waals surface area contributed by atoms with Crippen LogP contribution in [0.4, 0.5) is 0 Å². The van der Waals surface area contributed by atoms with E-state index < -0.39 is 16.3 Å². The van der Waals surface area contributed by atoms with Crippen LogP contribution in [-0.4, -0.2) is 56.3 Å². The zero-order valence-corrected chi connectivity index (χ0v) is 11.2. The van der Waals surface area contributed by atoms with Crippen LogP contribution in [0.5, 0.6) is 0 Å². The van der Waals surface area contributed by atoms with Gasteiger partial charge >= 0.3 is 10.2 Å². The third-order valence-corrected chi connectivity index (χ3v) is 4.86. The summed E-state index contributed by atoms with van der Waals surface area (Å²) >= 11 is 0. The highest BCUT2D eigenvalue weighted by Crippen LogP contribution is 2.16. The van der Waals surface area contributed by atoms with Crippen molar-refractivity contribution in [2.45, 2.75) is 20.8 Å². The molecule has 0 unspecified atom stereocenters.